The lowest BCUT2D eigenvalue weighted by Gasteiger charge is -2.59. The Kier molecular flexibility index (Phi) is 9.64. The lowest BCUT2D eigenvalue weighted by Crippen LogP contribution is -2.70. The molecule has 13 nitrogen and oxygen atoms in total. The number of aliphatic hydroxyl groups is 1. The number of hydrogen-bond donors (Lipinski definition) is 4. The second-order valence-electron chi connectivity index (χ2n) is 12.6. The molecule has 232 valence electrons. The lowest BCUT2D eigenvalue weighted by molar-refractivity contribution is -0.576. The van der Waals surface area contributed by atoms with Crippen molar-refractivity contribution >= 4 is 23.8 Å². The van der Waals surface area contributed by atoms with Crippen LogP contribution in [0.25, 0.3) is 0 Å². The van der Waals surface area contributed by atoms with E-state index >= 15 is 0 Å². The molecular formula is C28H44N2O11. The van der Waals surface area contributed by atoms with Crippen molar-refractivity contribution in [3.63, 3.8) is 0 Å². The average molecular weight is 585 g/mol. The molecule has 2 amide bonds. The Labute approximate surface area is 239 Å². The van der Waals surface area contributed by atoms with Gasteiger partial charge in [-0.25, -0.2) is 14.6 Å². The Morgan fingerprint density at radius 2 is 1.73 bits per heavy atom. The normalized spacial score (nSPS) is 37.3. The first kappa shape index (κ1) is 31.6. The van der Waals surface area contributed by atoms with Crippen LogP contribution in [0, 0.1) is 29.6 Å². The van der Waals surface area contributed by atoms with Crippen LogP contribution in [0.4, 0.5) is 0 Å². The summed E-state index contributed by atoms with van der Waals surface area (Å²) >= 11 is 0. The molecule has 41 heavy (non-hydrogen) atoms. The fourth-order valence-corrected chi connectivity index (χ4v) is 6.84. The summed E-state index contributed by atoms with van der Waals surface area (Å²) in [4.78, 5) is 61.2. The summed E-state index contributed by atoms with van der Waals surface area (Å²) in [6.07, 6.45) is 1.49. The van der Waals surface area contributed by atoms with Gasteiger partial charge in [0.25, 0.3) is 0 Å². The third-order valence-electron chi connectivity index (χ3n) is 9.06. The number of carbonyl (C=O) groups is 4. The molecule has 4 N–H and O–H groups in total. The van der Waals surface area contributed by atoms with Gasteiger partial charge in [-0.3, -0.25) is 14.4 Å². The zero-order valence-electron chi connectivity index (χ0n) is 24.4. The fourth-order valence-electron chi connectivity index (χ4n) is 6.84. The predicted octanol–water partition coefficient (Wildman–Crippen LogP) is 1.61. The van der Waals surface area contributed by atoms with Crippen LogP contribution in [0.2, 0.25) is 0 Å². The van der Waals surface area contributed by atoms with Crippen molar-refractivity contribution in [1.29, 1.82) is 0 Å². The number of aliphatic hydroxyl groups excluding tert-OH is 1. The highest BCUT2D eigenvalue weighted by atomic mass is 17.3. The van der Waals surface area contributed by atoms with E-state index in [0.29, 0.717) is 12.3 Å². The summed E-state index contributed by atoms with van der Waals surface area (Å²) in [5, 5.41) is 23.1. The molecule has 1 saturated carbocycles. The monoisotopic (exact) mass is 584 g/mol. The summed E-state index contributed by atoms with van der Waals surface area (Å²) in [6, 6.07) is -2.52. The number of hydrogen-bond acceptors (Lipinski definition) is 10. The maximum absolute atomic E-state index is 12.8. The molecule has 2 bridgehead atoms. The molecular weight excluding hydrogens is 540 g/mol. The highest BCUT2D eigenvalue weighted by Gasteiger charge is 2.69. The standard InChI is InChI=1S/C28H44N2O11/c1-14(2)12-19(23(34)30-20(13-31)24(35)36)29-21(32)8-9-22(33)37-25-16(4)18-7-6-15(3)17-10-11-27(5)39-26(38-25)28(17,18)41-40-27/h14-20,25-26,31H,6-13H2,1-5H3,(H,29,32)(H,30,34)(H,35,36)/t15-,16+,17+,18-,19+,20+,25-,26+,27+,28-/m1/s1. The van der Waals surface area contributed by atoms with Crippen molar-refractivity contribution in [2.45, 2.75) is 116 Å². The number of rotatable bonds is 11. The molecule has 0 aromatic heterocycles. The van der Waals surface area contributed by atoms with Crippen LogP contribution in [-0.2, 0) is 43.2 Å². The van der Waals surface area contributed by atoms with E-state index in [1.54, 1.807) is 0 Å². The van der Waals surface area contributed by atoms with Crippen LogP contribution >= 0.6 is 0 Å². The number of carbonyl (C=O) groups excluding carboxylic acids is 3. The molecule has 5 aliphatic rings. The van der Waals surface area contributed by atoms with E-state index in [-0.39, 0.29) is 42.9 Å². The van der Waals surface area contributed by atoms with Crippen molar-refractivity contribution in [3.8, 4) is 0 Å². The number of aliphatic carboxylic acids is 1. The van der Waals surface area contributed by atoms with Crippen LogP contribution in [0.15, 0.2) is 0 Å². The van der Waals surface area contributed by atoms with Gasteiger partial charge in [0, 0.05) is 24.7 Å². The smallest absolute Gasteiger partial charge is 0.328 e. The highest BCUT2D eigenvalue weighted by molar-refractivity contribution is 5.91. The van der Waals surface area contributed by atoms with E-state index in [2.05, 4.69) is 17.6 Å². The van der Waals surface area contributed by atoms with E-state index in [9.17, 15) is 24.3 Å². The number of amides is 2. The van der Waals surface area contributed by atoms with Crippen LogP contribution in [-0.4, -0.2) is 76.6 Å². The lowest BCUT2D eigenvalue weighted by atomic mass is 9.58. The van der Waals surface area contributed by atoms with Gasteiger partial charge in [0.05, 0.1) is 13.0 Å². The maximum Gasteiger partial charge on any atom is 0.328 e. The van der Waals surface area contributed by atoms with Gasteiger partial charge in [0.15, 0.2) is 11.9 Å². The van der Waals surface area contributed by atoms with Crippen molar-refractivity contribution < 1.29 is 53.4 Å². The second-order valence-corrected chi connectivity index (χ2v) is 12.6. The number of carboxylic acids is 1. The van der Waals surface area contributed by atoms with Crippen molar-refractivity contribution in [2.75, 3.05) is 6.61 Å². The zero-order chi connectivity index (χ0) is 30.1. The van der Waals surface area contributed by atoms with Gasteiger partial charge in [-0.2, -0.15) is 0 Å². The zero-order valence-corrected chi connectivity index (χ0v) is 24.4. The summed E-state index contributed by atoms with van der Waals surface area (Å²) in [7, 11) is 0. The second kappa shape index (κ2) is 12.5. The van der Waals surface area contributed by atoms with Crippen molar-refractivity contribution in [3.05, 3.63) is 0 Å². The topological polar surface area (TPSA) is 179 Å². The quantitative estimate of drug-likeness (QED) is 0.205. The number of nitrogens with one attached hydrogen (secondary N) is 2. The first-order valence-corrected chi connectivity index (χ1v) is 14.6. The van der Waals surface area contributed by atoms with Gasteiger partial charge >= 0.3 is 11.9 Å². The molecule has 1 spiro atoms. The first-order valence-electron chi connectivity index (χ1n) is 14.6. The summed E-state index contributed by atoms with van der Waals surface area (Å²) in [6.45, 7) is 8.89. The molecule has 0 unspecified atom stereocenters. The Morgan fingerprint density at radius 3 is 2.39 bits per heavy atom. The van der Waals surface area contributed by atoms with Crippen molar-refractivity contribution in [2.24, 2.45) is 29.6 Å². The van der Waals surface area contributed by atoms with Crippen LogP contribution in [0.3, 0.4) is 0 Å². The van der Waals surface area contributed by atoms with E-state index in [1.807, 2.05) is 27.7 Å². The Balaban J connectivity index is 1.35. The van der Waals surface area contributed by atoms with Gasteiger partial charge in [-0.15, -0.1) is 0 Å². The third kappa shape index (κ3) is 6.53. The first-order chi connectivity index (χ1) is 19.3. The van der Waals surface area contributed by atoms with Gasteiger partial charge in [0.2, 0.25) is 23.9 Å². The molecule has 5 fully saturated rings. The Morgan fingerprint density at radius 1 is 1.00 bits per heavy atom. The van der Waals surface area contributed by atoms with Crippen LogP contribution in [0.1, 0.15) is 79.6 Å². The number of fused-ring (bicyclic) bond motifs is 2. The fraction of sp³-hybridized carbons (Fsp3) is 0.857. The van der Waals surface area contributed by atoms with Gasteiger partial charge in [-0.05, 0) is 50.4 Å². The molecule has 4 heterocycles. The van der Waals surface area contributed by atoms with E-state index in [1.165, 1.54) is 0 Å². The molecule has 0 radical (unpaired) electrons. The van der Waals surface area contributed by atoms with Gasteiger partial charge < -0.3 is 35.1 Å². The predicted molar refractivity (Wildman–Crippen MR) is 140 cm³/mol. The maximum atomic E-state index is 12.8. The highest BCUT2D eigenvalue weighted by Crippen LogP contribution is 2.60. The van der Waals surface area contributed by atoms with E-state index < -0.39 is 66.4 Å². The Hall–Kier alpha value is -2.32. The van der Waals surface area contributed by atoms with Crippen LogP contribution < -0.4 is 10.6 Å². The molecule has 4 aliphatic heterocycles. The largest absolute Gasteiger partial charge is 0.480 e. The van der Waals surface area contributed by atoms with E-state index in [0.717, 1.165) is 19.3 Å². The summed E-state index contributed by atoms with van der Waals surface area (Å²) in [5.41, 5.74) is -0.780. The summed E-state index contributed by atoms with van der Waals surface area (Å²) < 4.78 is 18.2. The van der Waals surface area contributed by atoms with Crippen molar-refractivity contribution in [1.82, 2.24) is 10.6 Å². The molecule has 10 atom stereocenters. The average Bonchev–Trinajstić information content (AvgIpc) is 3.13. The van der Waals surface area contributed by atoms with Crippen LogP contribution in [0.5, 0.6) is 0 Å². The molecule has 0 aromatic rings. The molecule has 0 aromatic carbocycles. The van der Waals surface area contributed by atoms with Gasteiger partial charge in [-0.1, -0.05) is 27.7 Å². The number of ether oxygens (including phenoxy) is 3. The minimum Gasteiger partial charge on any atom is -0.480 e. The van der Waals surface area contributed by atoms with Gasteiger partial charge in [0.1, 0.15) is 12.1 Å². The van der Waals surface area contributed by atoms with E-state index in [4.69, 9.17) is 29.1 Å². The number of carboxylic acid groups (broad SMARTS) is 1. The molecule has 1 aliphatic carbocycles. The molecule has 13 heteroatoms. The molecule has 5 rings (SSSR count). The third-order valence-corrected chi connectivity index (χ3v) is 9.06. The minimum absolute atomic E-state index is 0.00198. The molecule has 4 saturated heterocycles. The minimum atomic E-state index is -1.49. The Bertz CT molecular complexity index is 1010. The number of esters is 1. The summed E-state index contributed by atoms with van der Waals surface area (Å²) in [5.74, 6) is -3.92. The SMILES string of the molecule is CC(C)C[C@H](NC(=O)CCC(=O)O[C@@H]1O[C@H]2O[C@]3(C)CC[C@H]4[C@H](C)CC[C@H]([C@@H]1C)[C@@]24OO3)C(=O)N[C@@H](CO)C(=O)O.